The Morgan fingerprint density at radius 2 is 1.85 bits per heavy atom. The van der Waals surface area contributed by atoms with E-state index in [0.717, 1.165) is 22.2 Å². The Morgan fingerprint density at radius 1 is 1.06 bits per heavy atom. The monoisotopic (exact) mass is 462 g/mol. The molecule has 0 bridgehead atoms. The summed E-state index contributed by atoms with van der Waals surface area (Å²) in [6, 6.07) is 6.05. The normalized spacial score (nSPS) is 14.9. The fourth-order valence-electron chi connectivity index (χ4n) is 4.90. The van der Waals surface area contributed by atoms with Crippen molar-refractivity contribution in [3.05, 3.63) is 47.2 Å². The lowest BCUT2D eigenvalue weighted by Gasteiger charge is -2.25. The number of hydrogen-bond acceptors (Lipinski definition) is 7. The van der Waals surface area contributed by atoms with Gasteiger partial charge in [0.25, 0.3) is 0 Å². The largest absolute Gasteiger partial charge is 0.493 e. The quantitative estimate of drug-likeness (QED) is 0.290. The number of benzene rings is 1. The number of methoxy groups -OCH3 is 2. The molecule has 3 heterocycles. The topological polar surface area (TPSA) is 88.1 Å². The molecule has 0 aliphatic heterocycles. The molecule has 1 saturated carbocycles. The fourth-order valence-corrected chi connectivity index (χ4v) is 4.90. The number of oxime groups is 1. The molecule has 3 aromatic heterocycles. The van der Waals surface area contributed by atoms with Crippen LogP contribution in [0.2, 0.25) is 0 Å². The molecule has 1 aliphatic rings. The minimum absolute atomic E-state index is 0.161. The smallest absolute Gasteiger partial charge is 0.192 e. The highest BCUT2D eigenvalue weighted by atomic mass is 16.6. The summed E-state index contributed by atoms with van der Waals surface area (Å²) >= 11 is 0. The average Bonchev–Trinajstić information content (AvgIpc) is 3.40. The van der Waals surface area contributed by atoms with E-state index in [9.17, 15) is 0 Å². The minimum Gasteiger partial charge on any atom is -0.493 e. The van der Waals surface area contributed by atoms with Crippen LogP contribution < -0.4 is 9.47 Å². The van der Waals surface area contributed by atoms with Crippen molar-refractivity contribution in [3.8, 4) is 11.5 Å². The predicted molar refractivity (Wildman–Crippen MR) is 130 cm³/mol. The van der Waals surface area contributed by atoms with E-state index in [2.05, 4.69) is 28.7 Å². The SMILES string of the molecule is COc1ccc(C=NOCc2nc3c4c(C)c(C)n(C5CCCCC5)c4ncn3n2)cc1OC. The molecule has 0 atom stereocenters. The van der Waals surface area contributed by atoms with Gasteiger partial charge < -0.3 is 18.9 Å². The first kappa shape index (κ1) is 22.2. The van der Waals surface area contributed by atoms with Crippen molar-refractivity contribution in [1.29, 1.82) is 0 Å². The molecule has 0 N–H and O–H groups in total. The van der Waals surface area contributed by atoms with Gasteiger partial charge in [0.1, 0.15) is 12.0 Å². The lowest BCUT2D eigenvalue weighted by atomic mass is 9.95. The number of fused-ring (bicyclic) bond motifs is 3. The predicted octanol–water partition coefficient (Wildman–Crippen LogP) is 4.77. The van der Waals surface area contributed by atoms with Crippen molar-refractivity contribution in [2.24, 2.45) is 5.16 Å². The zero-order valence-electron chi connectivity index (χ0n) is 20.1. The lowest BCUT2D eigenvalue weighted by molar-refractivity contribution is 0.126. The molecule has 0 unspecified atom stereocenters. The van der Waals surface area contributed by atoms with Gasteiger partial charge in [-0.25, -0.2) is 14.5 Å². The summed E-state index contributed by atoms with van der Waals surface area (Å²) in [4.78, 5) is 15.0. The van der Waals surface area contributed by atoms with Gasteiger partial charge in [-0.05, 0) is 50.5 Å². The second-order valence-corrected chi connectivity index (χ2v) is 8.73. The van der Waals surface area contributed by atoms with Crippen molar-refractivity contribution in [3.63, 3.8) is 0 Å². The van der Waals surface area contributed by atoms with Crippen molar-refractivity contribution < 1.29 is 14.3 Å². The lowest BCUT2D eigenvalue weighted by Crippen LogP contribution is -2.14. The van der Waals surface area contributed by atoms with Crippen LogP contribution in [0.3, 0.4) is 0 Å². The van der Waals surface area contributed by atoms with Crippen LogP contribution in [-0.4, -0.2) is 44.6 Å². The number of ether oxygens (including phenoxy) is 2. The molecule has 5 rings (SSSR count). The van der Waals surface area contributed by atoms with Gasteiger partial charge in [-0.15, -0.1) is 5.10 Å². The van der Waals surface area contributed by atoms with E-state index in [0.29, 0.717) is 23.4 Å². The second-order valence-electron chi connectivity index (χ2n) is 8.73. The van der Waals surface area contributed by atoms with Crippen LogP contribution in [0.4, 0.5) is 0 Å². The average molecular weight is 463 g/mol. The second kappa shape index (κ2) is 9.32. The minimum atomic E-state index is 0.161. The van der Waals surface area contributed by atoms with Gasteiger partial charge in [0, 0.05) is 17.3 Å². The summed E-state index contributed by atoms with van der Waals surface area (Å²) in [7, 11) is 3.20. The molecule has 0 saturated heterocycles. The molecule has 34 heavy (non-hydrogen) atoms. The van der Waals surface area contributed by atoms with Crippen molar-refractivity contribution >= 4 is 22.9 Å². The summed E-state index contributed by atoms with van der Waals surface area (Å²) in [6.45, 7) is 4.50. The fraction of sp³-hybridized carbons (Fsp3) is 0.440. The van der Waals surface area contributed by atoms with Gasteiger partial charge in [-0.1, -0.05) is 24.4 Å². The Labute approximate surface area is 198 Å². The summed E-state index contributed by atoms with van der Waals surface area (Å²) in [5.74, 6) is 1.86. The van der Waals surface area contributed by atoms with Gasteiger partial charge in [-0.2, -0.15) is 0 Å². The van der Waals surface area contributed by atoms with E-state index in [-0.39, 0.29) is 6.61 Å². The molecular formula is C25H30N6O3. The first-order valence-electron chi connectivity index (χ1n) is 11.7. The Balaban J connectivity index is 1.37. The summed E-state index contributed by atoms with van der Waals surface area (Å²) in [6.07, 6.45) is 9.67. The number of rotatable bonds is 7. The molecule has 9 nitrogen and oxygen atoms in total. The molecule has 178 valence electrons. The standard InChI is InChI=1S/C25H30N6O3/c1-16-17(2)31(19-8-6-5-7-9-19)24-23(16)25-28-22(29-30(25)15-26-24)14-34-27-13-18-10-11-20(32-3)21(12-18)33-4/h10-13,15,19H,5-9,14H2,1-4H3. The third-order valence-electron chi connectivity index (χ3n) is 6.74. The maximum Gasteiger partial charge on any atom is 0.192 e. The number of hydrogen-bond donors (Lipinski definition) is 0. The molecule has 0 amide bonds. The number of nitrogens with zero attached hydrogens (tertiary/aromatic N) is 6. The molecular weight excluding hydrogens is 432 g/mol. The van der Waals surface area contributed by atoms with Crippen LogP contribution in [-0.2, 0) is 11.4 Å². The highest BCUT2D eigenvalue weighted by Gasteiger charge is 2.24. The zero-order chi connectivity index (χ0) is 23.7. The van der Waals surface area contributed by atoms with Crippen LogP contribution in [0.1, 0.15) is 60.8 Å². The zero-order valence-corrected chi connectivity index (χ0v) is 20.1. The van der Waals surface area contributed by atoms with Gasteiger partial charge in [0.05, 0.1) is 25.8 Å². The van der Waals surface area contributed by atoms with E-state index in [1.165, 1.54) is 43.4 Å². The molecule has 1 fully saturated rings. The van der Waals surface area contributed by atoms with Gasteiger partial charge >= 0.3 is 0 Å². The Morgan fingerprint density at radius 3 is 2.62 bits per heavy atom. The van der Waals surface area contributed by atoms with Crippen LogP contribution in [0.25, 0.3) is 16.7 Å². The van der Waals surface area contributed by atoms with Crippen molar-refractivity contribution in [2.45, 2.75) is 58.6 Å². The highest BCUT2D eigenvalue weighted by Crippen LogP contribution is 2.36. The van der Waals surface area contributed by atoms with E-state index in [4.69, 9.17) is 24.3 Å². The number of aromatic nitrogens is 5. The van der Waals surface area contributed by atoms with E-state index >= 15 is 0 Å². The summed E-state index contributed by atoms with van der Waals surface area (Å²) < 4.78 is 14.7. The first-order valence-corrected chi connectivity index (χ1v) is 11.7. The summed E-state index contributed by atoms with van der Waals surface area (Å²) in [5, 5.41) is 9.68. The molecule has 1 aromatic carbocycles. The molecule has 0 spiro atoms. The maximum atomic E-state index is 5.48. The number of aryl methyl sites for hydroxylation is 1. The third kappa shape index (κ3) is 3.95. The van der Waals surface area contributed by atoms with Crippen LogP contribution in [0.15, 0.2) is 29.7 Å². The van der Waals surface area contributed by atoms with E-state index < -0.39 is 0 Å². The molecule has 9 heteroatoms. The molecule has 0 radical (unpaired) electrons. The van der Waals surface area contributed by atoms with Crippen LogP contribution >= 0.6 is 0 Å². The van der Waals surface area contributed by atoms with Gasteiger partial charge in [-0.3, -0.25) is 0 Å². The van der Waals surface area contributed by atoms with E-state index in [1.807, 2.05) is 18.2 Å². The van der Waals surface area contributed by atoms with E-state index in [1.54, 1.807) is 31.3 Å². The Bertz CT molecular complexity index is 1350. The van der Waals surface area contributed by atoms with Crippen LogP contribution in [0, 0.1) is 13.8 Å². The maximum absolute atomic E-state index is 5.48. The van der Waals surface area contributed by atoms with Crippen LogP contribution in [0.5, 0.6) is 11.5 Å². The molecule has 4 aromatic rings. The van der Waals surface area contributed by atoms with Gasteiger partial charge in [0.15, 0.2) is 29.6 Å². The summed E-state index contributed by atoms with van der Waals surface area (Å²) in [5.41, 5.74) is 5.12. The molecule has 1 aliphatic carbocycles. The Hall–Kier alpha value is -3.62. The third-order valence-corrected chi connectivity index (χ3v) is 6.74. The van der Waals surface area contributed by atoms with Gasteiger partial charge in [0.2, 0.25) is 0 Å². The van der Waals surface area contributed by atoms with Crippen molar-refractivity contribution in [2.75, 3.05) is 14.2 Å². The Kier molecular flexibility index (Phi) is 6.08. The van der Waals surface area contributed by atoms with Crippen molar-refractivity contribution in [1.82, 2.24) is 24.1 Å². The first-order chi connectivity index (χ1) is 16.6. The highest BCUT2D eigenvalue weighted by molar-refractivity contribution is 5.94.